The van der Waals surface area contributed by atoms with E-state index in [-0.39, 0.29) is 18.3 Å². The van der Waals surface area contributed by atoms with Crippen molar-refractivity contribution >= 4 is 44.3 Å². The number of esters is 1. The van der Waals surface area contributed by atoms with Crippen LogP contribution in [0.1, 0.15) is 44.9 Å². The van der Waals surface area contributed by atoms with Crippen molar-refractivity contribution in [1.82, 2.24) is 4.90 Å². The minimum atomic E-state index is -0.273. The number of amides is 1. The Morgan fingerprint density at radius 2 is 1.89 bits per heavy atom. The van der Waals surface area contributed by atoms with Crippen molar-refractivity contribution < 1.29 is 18.7 Å². The number of furan rings is 1. The average Bonchev–Trinajstić information content (AvgIpc) is 2.95. The lowest BCUT2D eigenvalue weighted by atomic mass is 9.97. The lowest BCUT2D eigenvalue weighted by molar-refractivity contribution is -0.143. The topological polar surface area (TPSA) is 59.8 Å². The Labute approximate surface area is 168 Å². The Balaban J connectivity index is 2.49. The van der Waals surface area contributed by atoms with Gasteiger partial charge in [0.2, 0.25) is 5.91 Å². The van der Waals surface area contributed by atoms with Gasteiger partial charge in [-0.25, -0.2) is 0 Å². The molecule has 1 aromatic carbocycles. The molecule has 6 heteroatoms. The third-order valence-electron chi connectivity index (χ3n) is 4.42. The first-order valence-electron chi connectivity index (χ1n) is 9.25. The summed E-state index contributed by atoms with van der Waals surface area (Å²) in [5.74, 6) is 0.387. The molecule has 0 saturated heterocycles. The van der Waals surface area contributed by atoms with Gasteiger partial charge in [0.25, 0.3) is 0 Å². The van der Waals surface area contributed by atoms with Crippen LogP contribution < -0.4 is 0 Å². The van der Waals surface area contributed by atoms with Gasteiger partial charge in [-0.3, -0.25) is 9.59 Å². The molecule has 0 aliphatic heterocycles. The average molecular weight is 436 g/mol. The molecule has 5 nitrogen and oxygen atoms in total. The van der Waals surface area contributed by atoms with Gasteiger partial charge in [-0.1, -0.05) is 15.9 Å². The highest BCUT2D eigenvalue weighted by Gasteiger charge is 2.19. The summed E-state index contributed by atoms with van der Waals surface area (Å²) in [7, 11) is 0. The molecule has 1 heterocycles. The fourth-order valence-electron chi connectivity index (χ4n) is 3.11. The van der Waals surface area contributed by atoms with Crippen LogP contribution in [-0.2, 0) is 14.3 Å². The Bertz CT molecular complexity index is 849. The summed E-state index contributed by atoms with van der Waals surface area (Å²) in [6, 6.07) is 5.78. The van der Waals surface area contributed by atoms with Crippen LogP contribution >= 0.6 is 15.9 Å². The number of hydrogen-bond donors (Lipinski definition) is 0. The van der Waals surface area contributed by atoms with Crippen molar-refractivity contribution in [2.75, 3.05) is 19.7 Å². The number of halogens is 1. The number of fused-ring (bicyclic) bond motifs is 1. The van der Waals surface area contributed by atoms with E-state index in [0.717, 1.165) is 32.3 Å². The first kappa shape index (κ1) is 21.2. The van der Waals surface area contributed by atoms with Crippen LogP contribution in [0.25, 0.3) is 16.5 Å². The molecule has 1 aromatic heterocycles. The number of hydrogen-bond acceptors (Lipinski definition) is 4. The van der Waals surface area contributed by atoms with Crippen molar-refractivity contribution in [2.45, 2.75) is 40.5 Å². The molecule has 1 amide bonds. The second kappa shape index (κ2) is 9.74. The molecule has 0 bridgehead atoms. The highest BCUT2D eigenvalue weighted by molar-refractivity contribution is 9.10. The minimum absolute atomic E-state index is 0.0670. The zero-order chi connectivity index (χ0) is 20.0. The maximum atomic E-state index is 12.7. The van der Waals surface area contributed by atoms with Gasteiger partial charge in [-0.2, -0.15) is 0 Å². The van der Waals surface area contributed by atoms with E-state index in [1.54, 1.807) is 17.9 Å². The van der Waals surface area contributed by atoms with Crippen LogP contribution in [0.3, 0.4) is 0 Å². The van der Waals surface area contributed by atoms with E-state index < -0.39 is 0 Å². The maximum Gasteiger partial charge on any atom is 0.306 e. The van der Waals surface area contributed by atoms with E-state index in [4.69, 9.17) is 9.15 Å². The predicted octanol–water partition coefficient (Wildman–Crippen LogP) is 5.10. The van der Waals surface area contributed by atoms with Crippen LogP contribution in [0.5, 0.6) is 0 Å². The van der Waals surface area contributed by atoms with Gasteiger partial charge in [-0.15, -0.1) is 0 Å². The molecule has 0 fully saturated rings. The SMILES string of the molecule is CCOC(=O)CC/C(=C/C(=O)N(CC)CC)c1c(C)oc2ccc(Br)cc12. The van der Waals surface area contributed by atoms with Gasteiger partial charge in [-0.05, 0) is 57.9 Å². The predicted molar refractivity (Wildman–Crippen MR) is 110 cm³/mol. The number of likely N-dealkylation sites (N-methyl/N-ethyl adjacent to an activating group) is 1. The molecule has 0 atom stereocenters. The van der Waals surface area contributed by atoms with Crippen LogP contribution in [0.15, 0.2) is 33.2 Å². The van der Waals surface area contributed by atoms with Gasteiger partial charge in [0.05, 0.1) is 6.61 Å². The largest absolute Gasteiger partial charge is 0.466 e. The molecule has 0 N–H and O–H groups in total. The van der Waals surface area contributed by atoms with Crippen LogP contribution in [0.2, 0.25) is 0 Å². The second-order valence-corrected chi connectivity index (χ2v) is 7.07. The van der Waals surface area contributed by atoms with Crippen molar-refractivity contribution in [3.05, 3.63) is 40.1 Å². The third-order valence-corrected chi connectivity index (χ3v) is 4.92. The third kappa shape index (κ3) is 5.22. The highest BCUT2D eigenvalue weighted by atomic mass is 79.9. The summed E-state index contributed by atoms with van der Waals surface area (Å²) in [5.41, 5.74) is 2.41. The van der Waals surface area contributed by atoms with Crippen molar-refractivity contribution in [3.63, 3.8) is 0 Å². The lowest BCUT2D eigenvalue weighted by Gasteiger charge is -2.17. The van der Waals surface area contributed by atoms with E-state index in [1.807, 2.05) is 39.0 Å². The molecular formula is C21H26BrNO4. The first-order chi connectivity index (χ1) is 12.9. The summed E-state index contributed by atoms with van der Waals surface area (Å²) in [5, 5.41) is 0.921. The Morgan fingerprint density at radius 1 is 1.19 bits per heavy atom. The van der Waals surface area contributed by atoms with Gasteiger partial charge >= 0.3 is 5.97 Å². The number of aryl methyl sites for hydroxylation is 1. The van der Waals surface area contributed by atoms with E-state index in [9.17, 15) is 9.59 Å². The molecule has 2 aromatic rings. The normalized spacial score (nSPS) is 11.7. The summed E-state index contributed by atoms with van der Waals surface area (Å²) in [6.45, 7) is 9.16. The fourth-order valence-corrected chi connectivity index (χ4v) is 3.47. The van der Waals surface area contributed by atoms with E-state index >= 15 is 0 Å². The number of ether oxygens (including phenoxy) is 1. The summed E-state index contributed by atoms with van der Waals surface area (Å²) in [4.78, 5) is 26.3. The molecule has 0 radical (unpaired) electrons. The van der Waals surface area contributed by atoms with Crippen molar-refractivity contribution in [2.24, 2.45) is 0 Å². The number of carbonyl (C=O) groups excluding carboxylic acids is 2. The Kier molecular flexibility index (Phi) is 7.66. The van der Waals surface area contributed by atoms with Crippen LogP contribution in [0.4, 0.5) is 0 Å². The summed E-state index contributed by atoms with van der Waals surface area (Å²) >= 11 is 3.49. The molecule has 0 saturated carbocycles. The molecule has 0 aliphatic rings. The van der Waals surface area contributed by atoms with E-state index in [1.165, 1.54) is 0 Å². The van der Waals surface area contributed by atoms with Crippen LogP contribution in [0, 0.1) is 6.92 Å². The standard InChI is InChI=1S/C21H26BrNO4/c1-5-23(6-2)19(24)12-15(8-11-20(25)26-7-3)21-14(4)27-18-10-9-16(22)13-17(18)21/h9-10,12-13H,5-8,11H2,1-4H3/b15-12-. The van der Waals surface area contributed by atoms with Crippen molar-refractivity contribution in [1.29, 1.82) is 0 Å². The van der Waals surface area contributed by atoms with Crippen LogP contribution in [-0.4, -0.2) is 36.5 Å². The summed E-state index contributed by atoms with van der Waals surface area (Å²) in [6.07, 6.45) is 2.25. The molecule has 0 aliphatic carbocycles. The second-order valence-electron chi connectivity index (χ2n) is 6.16. The zero-order valence-corrected chi connectivity index (χ0v) is 17.9. The number of benzene rings is 1. The fraction of sp³-hybridized carbons (Fsp3) is 0.429. The molecule has 2 rings (SSSR count). The monoisotopic (exact) mass is 435 g/mol. The van der Waals surface area contributed by atoms with Gasteiger partial charge < -0.3 is 14.1 Å². The highest BCUT2D eigenvalue weighted by Crippen LogP contribution is 2.35. The number of carbonyl (C=O) groups is 2. The number of nitrogens with zero attached hydrogens (tertiary/aromatic N) is 1. The first-order valence-corrected chi connectivity index (χ1v) is 10.0. The smallest absolute Gasteiger partial charge is 0.306 e. The zero-order valence-electron chi connectivity index (χ0n) is 16.3. The van der Waals surface area contributed by atoms with E-state index in [0.29, 0.717) is 26.1 Å². The number of rotatable bonds is 8. The van der Waals surface area contributed by atoms with Gasteiger partial charge in [0.15, 0.2) is 0 Å². The van der Waals surface area contributed by atoms with E-state index in [2.05, 4.69) is 15.9 Å². The molecule has 0 spiro atoms. The maximum absolute atomic E-state index is 12.7. The quantitative estimate of drug-likeness (QED) is 0.427. The number of allylic oxidation sites excluding steroid dienone is 1. The van der Waals surface area contributed by atoms with Gasteiger partial charge in [0, 0.05) is 41.0 Å². The molecular weight excluding hydrogens is 410 g/mol. The Morgan fingerprint density at radius 3 is 2.52 bits per heavy atom. The molecule has 0 unspecified atom stereocenters. The summed E-state index contributed by atoms with van der Waals surface area (Å²) < 4.78 is 11.9. The lowest BCUT2D eigenvalue weighted by Crippen LogP contribution is -2.29. The van der Waals surface area contributed by atoms with Crippen molar-refractivity contribution in [3.8, 4) is 0 Å². The Hall–Kier alpha value is -2.08. The van der Waals surface area contributed by atoms with Gasteiger partial charge in [0.1, 0.15) is 11.3 Å². The minimum Gasteiger partial charge on any atom is -0.466 e. The molecule has 27 heavy (non-hydrogen) atoms. The molecule has 146 valence electrons.